The van der Waals surface area contributed by atoms with Gasteiger partial charge in [0, 0.05) is 37.8 Å². The Morgan fingerprint density at radius 3 is 1.20 bits per heavy atom. The molecule has 0 aliphatic rings. The Balaban J connectivity index is 3.17. The molecule has 0 saturated heterocycles. The zero-order valence-corrected chi connectivity index (χ0v) is 24.8. The Morgan fingerprint density at radius 1 is 0.457 bits per heavy atom. The largest absolute Gasteiger partial charge is 0.327 e. The lowest BCUT2D eigenvalue weighted by molar-refractivity contribution is 0.435. The topological polar surface area (TPSA) is 62.1 Å². The normalized spacial score (nSPS) is 14.3. The van der Waals surface area contributed by atoms with E-state index in [1.54, 1.807) is 0 Å². The second-order valence-electron chi connectivity index (χ2n) is 11.5. The second kappa shape index (κ2) is 28.4. The first kappa shape index (κ1) is 34.8. The van der Waals surface area contributed by atoms with E-state index < -0.39 is 0 Å². The molecule has 0 aliphatic carbocycles. The van der Waals surface area contributed by atoms with E-state index >= 15 is 0 Å². The predicted molar refractivity (Wildman–Crippen MR) is 159 cm³/mol. The average molecular weight is 497 g/mol. The highest BCUT2D eigenvalue weighted by Crippen LogP contribution is 2.14. The van der Waals surface area contributed by atoms with Crippen LogP contribution in [0.3, 0.4) is 0 Å². The van der Waals surface area contributed by atoms with Crippen LogP contribution in [-0.4, -0.2) is 44.3 Å². The molecule has 0 fully saturated rings. The highest BCUT2D eigenvalue weighted by molar-refractivity contribution is 4.71. The van der Waals surface area contributed by atoms with E-state index in [1.807, 2.05) is 6.92 Å². The molecule has 0 amide bonds. The van der Waals surface area contributed by atoms with Crippen LogP contribution < -0.4 is 21.7 Å². The van der Waals surface area contributed by atoms with Gasteiger partial charge in [0.1, 0.15) is 0 Å². The van der Waals surface area contributed by atoms with Crippen LogP contribution in [-0.2, 0) is 0 Å². The molecular weight excluding hydrogens is 428 g/mol. The quantitative estimate of drug-likeness (QED) is 0.0801. The van der Waals surface area contributed by atoms with Crippen molar-refractivity contribution >= 4 is 0 Å². The van der Waals surface area contributed by atoms with Crippen molar-refractivity contribution in [3.8, 4) is 0 Å². The van der Waals surface area contributed by atoms with Gasteiger partial charge in [0.05, 0.1) is 0 Å². The summed E-state index contributed by atoms with van der Waals surface area (Å²) in [5, 5.41) is 10.7. The van der Waals surface area contributed by atoms with E-state index in [1.165, 1.54) is 128 Å². The lowest BCUT2D eigenvalue weighted by atomic mass is 10.0. The van der Waals surface area contributed by atoms with Crippen molar-refractivity contribution in [3.63, 3.8) is 0 Å². The maximum Gasteiger partial charge on any atom is 0.0164 e. The van der Waals surface area contributed by atoms with Gasteiger partial charge in [-0.3, -0.25) is 0 Å². The smallest absolute Gasteiger partial charge is 0.0164 e. The molecule has 0 spiro atoms. The fourth-order valence-electron chi connectivity index (χ4n) is 4.73. The summed E-state index contributed by atoms with van der Waals surface area (Å²) in [6.45, 7) is 12.9. The molecule has 3 atom stereocenters. The second-order valence-corrected chi connectivity index (χ2v) is 11.5. The maximum atomic E-state index is 5.80. The molecule has 0 aromatic heterocycles. The molecule has 0 aromatic carbocycles. The third kappa shape index (κ3) is 30.0. The number of rotatable bonds is 29. The summed E-state index contributed by atoms with van der Waals surface area (Å²) in [6, 6.07) is 1.20. The molecule has 4 nitrogen and oxygen atoms in total. The van der Waals surface area contributed by atoms with Gasteiger partial charge in [-0.25, -0.2) is 0 Å². The summed E-state index contributed by atoms with van der Waals surface area (Å²) in [5.74, 6) is 0. The van der Waals surface area contributed by atoms with Gasteiger partial charge in [-0.15, -0.1) is 0 Å². The zero-order chi connectivity index (χ0) is 25.8. The fourth-order valence-corrected chi connectivity index (χ4v) is 4.73. The van der Waals surface area contributed by atoms with Crippen molar-refractivity contribution in [1.82, 2.24) is 16.0 Å². The van der Waals surface area contributed by atoms with Gasteiger partial charge < -0.3 is 21.7 Å². The van der Waals surface area contributed by atoms with Gasteiger partial charge in [0.15, 0.2) is 0 Å². The van der Waals surface area contributed by atoms with Crippen LogP contribution in [0, 0.1) is 0 Å². The third-order valence-electron chi connectivity index (χ3n) is 7.22. The summed E-state index contributed by atoms with van der Waals surface area (Å²) >= 11 is 0. The molecule has 0 radical (unpaired) electrons. The first-order valence-electron chi connectivity index (χ1n) is 16.0. The Bertz CT molecular complexity index is 388. The molecule has 0 aromatic rings. The number of hydrogen-bond acceptors (Lipinski definition) is 4. The molecule has 0 rings (SSSR count). The van der Waals surface area contributed by atoms with Crippen LogP contribution in [0.25, 0.3) is 0 Å². The van der Waals surface area contributed by atoms with Gasteiger partial charge in [-0.05, 0) is 33.7 Å². The van der Waals surface area contributed by atoms with E-state index in [0.29, 0.717) is 12.1 Å². The molecule has 4 heteroatoms. The molecule has 0 heterocycles. The minimum absolute atomic E-state index is 0.223. The zero-order valence-electron chi connectivity index (χ0n) is 24.8. The highest BCUT2D eigenvalue weighted by atomic mass is 15.0. The van der Waals surface area contributed by atoms with E-state index in [0.717, 1.165) is 26.2 Å². The van der Waals surface area contributed by atoms with Crippen molar-refractivity contribution in [2.45, 2.75) is 174 Å². The summed E-state index contributed by atoms with van der Waals surface area (Å²) in [4.78, 5) is 0. The Labute approximate surface area is 222 Å². The van der Waals surface area contributed by atoms with Crippen LogP contribution in [0.4, 0.5) is 0 Å². The van der Waals surface area contributed by atoms with Crippen molar-refractivity contribution in [1.29, 1.82) is 0 Å². The van der Waals surface area contributed by atoms with Gasteiger partial charge in [-0.1, -0.05) is 129 Å². The molecule has 3 unspecified atom stereocenters. The maximum absolute atomic E-state index is 5.80. The summed E-state index contributed by atoms with van der Waals surface area (Å²) in [6.07, 6.45) is 28.9. The lowest BCUT2D eigenvalue weighted by Gasteiger charge is -2.20. The SMILES string of the molecule is CCCCCCCCCCCCCCCCCCCCCCNCC(C)NCC(C)NCC(C)N. The number of nitrogens with one attached hydrogen (secondary N) is 3. The van der Waals surface area contributed by atoms with Crippen LogP contribution >= 0.6 is 0 Å². The van der Waals surface area contributed by atoms with Gasteiger partial charge in [0.2, 0.25) is 0 Å². The molecule has 5 N–H and O–H groups in total. The van der Waals surface area contributed by atoms with Crippen LogP contribution in [0.15, 0.2) is 0 Å². The Morgan fingerprint density at radius 2 is 0.800 bits per heavy atom. The van der Waals surface area contributed by atoms with Crippen molar-refractivity contribution in [2.24, 2.45) is 5.73 Å². The summed E-state index contributed by atoms with van der Waals surface area (Å²) in [7, 11) is 0. The molecule has 0 saturated carbocycles. The predicted octanol–water partition coefficient (Wildman–Crippen LogP) is 7.70. The van der Waals surface area contributed by atoms with E-state index in [4.69, 9.17) is 5.73 Å². The van der Waals surface area contributed by atoms with Crippen LogP contribution in [0.1, 0.15) is 156 Å². The first-order chi connectivity index (χ1) is 17.1. The van der Waals surface area contributed by atoms with Gasteiger partial charge >= 0.3 is 0 Å². The number of unbranched alkanes of at least 4 members (excludes halogenated alkanes) is 19. The minimum Gasteiger partial charge on any atom is -0.327 e. The van der Waals surface area contributed by atoms with Crippen molar-refractivity contribution in [3.05, 3.63) is 0 Å². The minimum atomic E-state index is 0.223. The lowest BCUT2D eigenvalue weighted by Crippen LogP contribution is -2.45. The van der Waals surface area contributed by atoms with Crippen LogP contribution in [0.5, 0.6) is 0 Å². The van der Waals surface area contributed by atoms with Gasteiger partial charge in [0.25, 0.3) is 0 Å². The Kier molecular flexibility index (Phi) is 28.3. The highest BCUT2D eigenvalue weighted by Gasteiger charge is 2.05. The summed E-state index contributed by atoms with van der Waals surface area (Å²) in [5.41, 5.74) is 5.80. The van der Waals surface area contributed by atoms with E-state index in [2.05, 4.69) is 36.7 Å². The third-order valence-corrected chi connectivity index (χ3v) is 7.22. The molecule has 212 valence electrons. The Hall–Kier alpha value is -0.160. The van der Waals surface area contributed by atoms with E-state index in [-0.39, 0.29) is 6.04 Å². The molecule has 0 aliphatic heterocycles. The van der Waals surface area contributed by atoms with Gasteiger partial charge in [-0.2, -0.15) is 0 Å². The standard InChI is InChI=1S/C31H68N4/c1-5-6-7-8-9-10-11-12-13-14-15-16-17-18-19-20-21-22-23-24-25-33-27-30(3)35-28-31(4)34-26-29(2)32/h29-31,33-35H,5-28,32H2,1-4H3. The molecule has 35 heavy (non-hydrogen) atoms. The monoisotopic (exact) mass is 497 g/mol. The van der Waals surface area contributed by atoms with Crippen LogP contribution in [0.2, 0.25) is 0 Å². The number of nitrogens with two attached hydrogens (primary N) is 1. The fraction of sp³-hybridized carbons (Fsp3) is 1.00. The van der Waals surface area contributed by atoms with Crippen molar-refractivity contribution < 1.29 is 0 Å². The number of hydrogen-bond donors (Lipinski definition) is 4. The first-order valence-corrected chi connectivity index (χ1v) is 16.0. The summed E-state index contributed by atoms with van der Waals surface area (Å²) < 4.78 is 0. The van der Waals surface area contributed by atoms with Crippen molar-refractivity contribution in [2.75, 3.05) is 26.2 Å². The molecule has 0 bridgehead atoms. The van der Waals surface area contributed by atoms with E-state index in [9.17, 15) is 0 Å². The average Bonchev–Trinajstić information content (AvgIpc) is 2.84. The molecular formula is C31H68N4.